The molecule has 0 aromatic heterocycles. The molecule has 0 spiro atoms. The largest absolute Gasteiger partial charge is 0.391 e. The maximum atomic E-state index is 13.2. The van der Waals surface area contributed by atoms with Crippen molar-refractivity contribution in [3.8, 4) is 0 Å². The number of carbonyl (C=O) groups excluding carboxylic acids is 2. The molecule has 1 aromatic carbocycles. The number of halogens is 1. The second-order valence-electron chi connectivity index (χ2n) is 8.17. The number of aliphatic hydroxyl groups is 1. The predicted octanol–water partition coefficient (Wildman–Crippen LogP) is 1.58. The van der Waals surface area contributed by atoms with E-state index in [4.69, 9.17) is 0 Å². The standard InChI is InChI=1S/C21H29N3O3.ClH/c25-19-13-22-11-16(19)12-23-20(26)18-10-15-8-4-5-9-17(15)24(18)21(27)14-6-2-1-3-7-14;/h1-3,6-7,15-19,22,25H,4-5,8-13H2,(H,23,26);1H. The van der Waals surface area contributed by atoms with Gasteiger partial charge in [0.15, 0.2) is 0 Å². The SMILES string of the molecule is Cl.O=C(NCC1CNCC1O)C1CC2CCCCC2N1C(=O)c1ccccc1. The third-order valence-corrected chi connectivity index (χ3v) is 6.49. The zero-order valence-corrected chi connectivity index (χ0v) is 16.9. The number of aliphatic hydroxyl groups excluding tert-OH is 1. The third kappa shape index (κ3) is 4.19. The quantitative estimate of drug-likeness (QED) is 0.707. The van der Waals surface area contributed by atoms with Gasteiger partial charge in [-0.3, -0.25) is 9.59 Å². The van der Waals surface area contributed by atoms with E-state index in [1.54, 1.807) is 0 Å². The molecule has 2 amide bonds. The van der Waals surface area contributed by atoms with Crippen LogP contribution < -0.4 is 10.6 Å². The Morgan fingerprint density at radius 3 is 2.61 bits per heavy atom. The minimum Gasteiger partial charge on any atom is -0.391 e. The van der Waals surface area contributed by atoms with Gasteiger partial charge in [0, 0.05) is 37.2 Å². The molecule has 4 rings (SSSR count). The van der Waals surface area contributed by atoms with Gasteiger partial charge in [-0.1, -0.05) is 31.0 Å². The molecule has 2 aliphatic heterocycles. The Hall–Kier alpha value is -1.63. The molecule has 3 fully saturated rings. The van der Waals surface area contributed by atoms with Crippen LogP contribution in [0.15, 0.2) is 30.3 Å². The molecule has 3 N–H and O–H groups in total. The minimum absolute atomic E-state index is 0. The van der Waals surface area contributed by atoms with E-state index >= 15 is 0 Å². The Morgan fingerprint density at radius 1 is 1.14 bits per heavy atom. The number of β-amino-alcohol motifs (C(OH)–C–C–N with tert-alkyl or cyclic N) is 1. The molecule has 2 saturated heterocycles. The Bertz CT molecular complexity index is 687. The van der Waals surface area contributed by atoms with Crippen molar-refractivity contribution in [2.45, 2.75) is 50.3 Å². The molecule has 0 radical (unpaired) electrons. The van der Waals surface area contributed by atoms with Crippen LogP contribution in [0.25, 0.3) is 0 Å². The molecule has 5 atom stereocenters. The van der Waals surface area contributed by atoms with Gasteiger partial charge in [0.25, 0.3) is 5.91 Å². The van der Waals surface area contributed by atoms with Crippen LogP contribution in [0.5, 0.6) is 0 Å². The van der Waals surface area contributed by atoms with E-state index in [-0.39, 0.29) is 36.2 Å². The first-order valence-corrected chi connectivity index (χ1v) is 10.2. The van der Waals surface area contributed by atoms with E-state index in [0.29, 0.717) is 31.1 Å². The van der Waals surface area contributed by atoms with E-state index in [9.17, 15) is 14.7 Å². The maximum Gasteiger partial charge on any atom is 0.254 e. The fourth-order valence-corrected chi connectivity index (χ4v) is 4.99. The van der Waals surface area contributed by atoms with E-state index in [0.717, 1.165) is 25.7 Å². The summed E-state index contributed by atoms with van der Waals surface area (Å²) in [6.07, 6.45) is 4.71. The van der Waals surface area contributed by atoms with Crippen molar-refractivity contribution in [2.24, 2.45) is 11.8 Å². The van der Waals surface area contributed by atoms with Crippen LogP contribution in [0.2, 0.25) is 0 Å². The number of amides is 2. The number of benzene rings is 1. The summed E-state index contributed by atoms with van der Waals surface area (Å²) in [5.41, 5.74) is 0.650. The normalized spacial score (nSPS) is 31.8. The Kier molecular flexibility index (Phi) is 6.96. The Morgan fingerprint density at radius 2 is 1.89 bits per heavy atom. The van der Waals surface area contributed by atoms with Crippen molar-refractivity contribution in [2.75, 3.05) is 19.6 Å². The lowest BCUT2D eigenvalue weighted by Crippen LogP contribution is -2.50. The summed E-state index contributed by atoms with van der Waals surface area (Å²) in [4.78, 5) is 28.1. The highest BCUT2D eigenvalue weighted by Gasteiger charge is 2.47. The van der Waals surface area contributed by atoms with Gasteiger partial charge in [0.2, 0.25) is 5.91 Å². The summed E-state index contributed by atoms with van der Waals surface area (Å²) in [5.74, 6) is 0.345. The second-order valence-corrected chi connectivity index (χ2v) is 8.17. The molecule has 0 bridgehead atoms. The number of rotatable bonds is 4. The fourth-order valence-electron chi connectivity index (χ4n) is 4.99. The van der Waals surface area contributed by atoms with Crippen LogP contribution in [-0.2, 0) is 4.79 Å². The number of fused-ring (bicyclic) bond motifs is 1. The van der Waals surface area contributed by atoms with Gasteiger partial charge in [0.1, 0.15) is 6.04 Å². The maximum absolute atomic E-state index is 13.2. The Balaban J connectivity index is 0.00000225. The van der Waals surface area contributed by atoms with Crippen molar-refractivity contribution < 1.29 is 14.7 Å². The molecule has 28 heavy (non-hydrogen) atoms. The van der Waals surface area contributed by atoms with E-state index in [1.165, 1.54) is 6.42 Å². The molecule has 5 unspecified atom stereocenters. The van der Waals surface area contributed by atoms with Crippen molar-refractivity contribution in [3.63, 3.8) is 0 Å². The zero-order chi connectivity index (χ0) is 18.8. The summed E-state index contributed by atoms with van der Waals surface area (Å²) in [5, 5.41) is 16.1. The molecule has 1 saturated carbocycles. The van der Waals surface area contributed by atoms with E-state index in [1.807, 2.05) is 35.2 Å². The highest BCUT2D eigenvalue weighted by Crippen LogP contribution is 2.40. The number of carbonyl (C=O) groups is 2. The van der Waals surface area contributed by atoms with Crippen molar-refractivity contribution in [1.29, 1.82) is 0 Å². The molecule has 1 aromatic rings. The zero-order valence-electron chi connectivity index (χ0n) is 16.0. The summed E-state index contributed by atoms with van der Waals surface area (Å²) >= 11 is 0. The first-order chi connectivity index (χ1) is 13.1. The monoisotopic (exact) mass is 407 g/mol. The number of nitrogens with one attached hydrogen (secondary N) is 2. The summed E-state index contributed by atoms with van der Waals surface area (Å²) in [6, 6.07) is 9.05. The number of hydrogen-bond donors (Lipinski definition) is 3. The average molecular weight is 408 g/mol. The number of hydrogen-bond acceptors (Lipinski definition) is 4. The smallest absolute Gasteiger partial charge is 0.254 e. The van der Waals surface area contributed by atoms with Crippen LogP contribution >= 0.6 is 12.4 Å². The summed E-state index contributed by atoms with van der Waals surface area (Å²) < 4.78 is 0. The molecule has 154 valence electrons. The highest BCUT2D eigenvalue weighted by atomic mass is 35.5. The molecular formula is C21H30ClN3O3. The topological polar surface area (TPSA) is 81.7 Å². The van der Waals surface area contributed by atoms with Gasteiger partial charge in [-0.25, -0.2) is 0 Å². The third-order valence-electron chi connectivity index (χ3n) is 6.49. The lowest BCUT2D eigenvalue weighted by molar-refractivity contribution is -0.125. The van der Waals surface area contributed by atoms with Crippen molar-refractivity contribution in [3.05, 3.63) is 35.9 Å². The predicted molar refractivity (Wildman–Crippen MR) is 109 cm³/mol. The minimum atomic E-state index is -0.418. The van der Waals surface area contributed by atoms with Gasteiger partial charge >= 0.3 is 0 Å². The summed E-state index contributed by atoms with van der Waals surface area (Å²) in [6.45, 7) is 1.74. The molecule has 3 aliphatic rings. The molecule has 6 nitrogen and oxygen atoms in total. The average Bonchev–Trinajstić information content (AvgIpc) is 3.29. The van der Waals surface area contributed by atoms with Crippen LogP contribution in [0.4, 0.5) is 0 Å². The number of likely N-dealkylation sites (tertiary alicyclic amines) is 1. The summed E-state index contributed by atoms with van der Waals surface area (Å²) in [7, 11) is 0. The molecule has 2 heterocycles. The van der Waals surface area contributed by atoms with Gasteiger partial charge < -0.3 is 20.6 Å². The molecule has 7 heteroatoms. The van der Waals surface area contributed by atoms with Gasteiger partial charge in [-0.15, -0.1) is 12.4 Å². The second kappa shape index (κ2) is 9.25. The van der Waals surface area contributed by atoms with Crippen LogP contribution in [0.1, 0.15) is 42.5 Å². The van der Waals surface area contributed by atoms with Crippen LogP contribution in [0.3, 0.4) is 0 Å². The molecular weight excluding hydrogens is 378 g/mol. The first-order valence-electron chi connectivity index (χ1n) is 10.2. The first kappa shape index (κ1) is 21.1. The Labute approximate surface area is 172 Å². The van der Waals surface area contributed by atoms with E-state index < -0.39 is 12.1 Å². The van der Waals surface area contributed by atoms with Crippen molar-refractivity contribution >= 4 is 24.2 Å². The van der Waals surface area contributed by atoms with Crippen LogP contribution in [-0.4, -0.2) is 59.6 Å². The lowest BCUT2D eigenvalue weighted by Gasteiger charge is -2.33. The van der Waals surface area contributed by atoms with Gasteiger partial charge in [-0.05, 0) is 37.3 Å². The van der Waals surface area contributed by atoms with Crippen molar-refractivity contribution in [1.82, 2.24) is 15.5 Å². The van der Waals surface area contributed by atoms with Gasteiger partial charge in [0.05, 0.1) is 6.10 Å². The van der Waals surface area contributed by atoms with Gasteiger partial charge in [-0.2, -0.15) is 0 Å². The van der Waals surface area contributed by atoms with E-state index in [2.05, 4.69) is 10.6 Å². The van der Waals surface area contributed by atoms with Crippen LogP contribution in [0, 0.1) is 11.8 Å². The lowest BCUT2D eigenvalue weighted by atomic mass is 9.84. The highest BCUT2D eigenvalue weighted by molar-refractivity contribution is 5.98. The number of nitrogens with zero attached hydrogens (tertiary/aromatic N) is 1. The molecule has 1 aliphatic carbocycles. The fraction of sp³-hybridized carbons (Fsp3) is 0.619.